The van der Waals surface area contributed by atoms with Gasteiger partial charge in [-0.2, -0.15) is 0 Å². The van der Waals surface area contributed by atoms with Gasteiger partial charge in [0.25, 0.3) is 5.91 Å². The Balaban J connectivity index is 1.86. The summed E-state index contributed by atoms with van der Waals surface area (Å²) in [4.78, 5) is 25.9. The molecule has 22 heavy (non-hydrogen) atoms. The molecule has 0 aromatic heterocycles. The van der Waals surface area contributed by atoms with Crippen molar-refractivity contribution in [3.63, 3.8) is 0 Å². The molecular formula is C17H23BrN2O2. The molecule has 1 aliphatic carbocycles. The average Bonchev–Trinajstić information content (AvgIpc) is 2.52. The Hall–Kier alpha value is -1.36. The van der Waals surface area contributed by atoms with Gasteiger partial charge in [0.05, 0.1) is 5.56 Å². The number of carbonyl (C=O) groups excluding carboxylic acids is 2. The lowest BCUT2D eigenvalue weighted by Crippen LogP contribution is -2.44. The normalized spacial score (nSPS) is 15.4. The van der Waals surface area contributed by atoms with Crippen molar-refractivity contribution in [3.8, 4) is 0 Å². The fourth-order valence-electron chi connectivity index (χ4n) is 3.02. The van der Waals surface area contributed by atoms with Crippen molar-refractivity contribution in [2.75, 3.05) is 13.1 Å². The third-order valence-corrected chi connectivity index (χ3v) is 4.87. The van der Waals surface area contributed by atoms with Crippen LogP contribution in [0.25, 0.3) is 0 Å². The number of amides is 2. The van der Waals surface area contributed by atoms with E-state index in [1.165, 1.54) is 19.3 Å². The molecule has 0 aliphatic heterocycles. The van der Waals surface area contributed by atoms with Crippen molar-refractivity contribution in [1.29, 1.82) is 0 Å². The van der Waals surface area contributed by atoms with E-state index in [0.717, 1.165) is 17.3 Å². The van der Waals surface area contributed by atoms with Gasteiger partial charge in [0.2, 0.25) is 5.91 Å². The van der Waals surface area contributed by atoms with Gasteiger partial charge in [-0.05, 0) is 40.9 Å². The van der Waals surface area contributed by atoms with Gasteiger partial charge in [-0.3, -0.25) is 9.59 Å². The molecule has 1 saturated carbocycles. The topological polar surface area (TPSA) is 49.4 Å². The Morgan fingerprint density at radius 3 is 2.55 bits per heavy atom. The smallest absolute Gasteiger partial charge is 0.252 e. The third kappa shape index (κ3) is 4.57. The summed E-state index contributed by atoms with van der Waals surface area (Å²) in [6, 6.07) is 7.68. The second-order valence-corrected chi connectivity index (χ2v) is 6.59. The number of benzene rings is 1. The van der Waals surface area contributed by atoms with E-state index in [2.05, 4.69) is 21.2 Å². The van der Waals surface area contributed by atoms with Crippen LogP contribution in [-0.4, -0.2) is 35.8 Å². The van der Waals surface area contributed by atoms with Crippen LogP contribution < -0.4 is 5.32 Å². The zero-order valence-electron chi connectivity index (χ0n) is 13.0. The fourth-order valence-corrected chi connectivity index (χ4v) is 3.49. The lowest BCUT2D eigenvalue weighted by molar-refractivity contribution is -0.131. The SMILES string of the molecule is CC(=O)N(CCNC(=O)c1ccccc1Br)C1CCCCC1. The van der Waals surface area contributed by atoms with Gasteiger partial charge in [-0.25, -0.2) is 0 Å². The molecule has 1 aromatic carbocycles. The van der Waals surface area contributed by atoms with Gasteiger partial charge >= 0.3 is 0 Å². The summed E-state index contributed by atoms with van der Waals surface area (Å²) in [5, 5.41) is 2.90. The van der Waals surface area contributed by atoms with Crippen molar-refractivity contribution >= 4 is 27.7 Å². The van der Waals surface area contributed by atoms with Crippen LogP contribution in [0, 0.1) is 0 Å². The van der Waals surface area contributed by atoms with Crippen LogP contribution in [0.5, 0.6) is 0 Å². The standard InChI is InChI=1S/C17H23BrN2O2/c1-13(21)20(14-7-3-2-4-8-14)12-11-19-17(22)15-9-5-6-10-16(15)18/h5-6,9-10,14H,2-4,7-8,11-12H2,1H3,(H,19,22). The number of halogens is 1. The summed E-state index contributed by atoms with van der Waals surface area (Å²) in [7, 11) is 0. The van der Waals surface area contributed by atoms with Crippen molar-refractivity contribution in [2.24, 2.45) is 0 Å². The molecule has 0 atom stereocenters. The minimum absolute atomic E-state index is 0.0991. The summed E-state index contributed by atoms with van der Waals surface area (Å²) in [6.45, 7) is 2.68. The predicted molar refractivity (Wildman–Crippen MR) is 90.7 cm³/mol. The predicted octanol–water partition coefficient (Wildman–Crippen LogP) is 3.36. The van der Waals surface area contributed by atoms with E-state index < -0.39 is 0 Å². The molecule has 4 nitrogen and oxygen atoms in total. The molecule has 2 rings (SSSR count). The van der Waals surface area contributed by atoms with Gasteiger partial charge < -0.3 is 10.2 Å². The van der Waals surface area contributed by atoms with Crippen LogP contribution in [0.2, 0.25) is 0 Å². The molecule has 0 unspecified atom stereocenters. The highest BCUT2D eigenvalue weighted by Gasteiger charge is 2.22. The highest BCUT2D eigenvalue weighted by atomic mass is 79.9. The van der Waals surface area contributed by atoms with Crippen LogP contribution in [0.4, 0.5) is 0 Å². The Kier molecular flexibility index (Phi) is 6.43. The molecule has 1 fully saturated rings. The molecule has 0 spiro atoms. The minimum Gasteiger partial charge on any atom is -0.350 e. The molecule has 0 bridgehead atoms. The van der Waals surface area contributed by atoms with Crippen LogP contribution in [0.1, 0.15) is 49.4 Å². The van der Waals surface area contributed by atoms with Gasteiger partial charge in [0.1, 0.15) is 0 Å². The fraction of sp³-hybridized carbons (Fsp3) is 0.529. The molecule has 120 valence electrons. The summed E-state index contributed by atoms with van der Waals surface area (Å²) in [6.07, 6.45) is 5.81. The second-order valence-electron chi connectivity index (χ2n) is 5.74. The van der Waals surface area contributed by atoms with E-state index in [1.807, 2.05) is 23.1 Å². The van der Waals surface area contributed by atoms with Crippen molar-refractivity contribution in [2.45, 2.75) is 45.1 Å². The summed E-state index contributed by atoms with van der Waals surface area (Å²) < 4.78 is 0.781. The quantitative estimate of drug-likeness (QED) is 0.868. The number of hydrogen-bond donors (Lipinski definition) is 1. The van der Waals surface area contributed by atoms with E-state index in [0.29, 0.717) is 24.7 Å². The average molecular weight is 367 g/mol. The Morgan fingerprint density at radius 1 is 1.23 bits per heavy atom. The second kappa shape index (κ2) is 8.32. The molecule has 5 heteroatoms. The highest BCUT2D eigenvalue weighted by molar-refractivity contribution is 9.10. The van der Waals surface area contributed by atoms with E-state index >= 15 is 0 Å². The van der Waals surface area contributed by atoms with Gasteiger partial charge in [0.15, 0.2) is 0 Å². The summed E-state index contributed by atoms with van der Waals surface area (Å²) in [5.41, 5.74) is 0.620. The zero-order valence-corrected chi connectivity index (χ0v) is 14.6. The first-order valence-corrected chi connectivity index (χ1v) is 8.69. The number of nitrogens with one attached hydrogen (secondary N) is 1. The summed E-state index contributed by atoms with van der Waals surface area (Å²) in [5.74, 6) is -0.0124. The maximum Gasteiger partial charge on any atom is 0.252 e. The molecule has 1 N–H and O–H groups in total. The lowest BCUT2D eigenvalue weighted by Gasteiger charge is -2.33. The van der Waals surface area contributed by atoms with Crippen LogP contribution in [-0.2, 0) is 4.79 Å². The number of nitrogens with zero attached hydrogens (tertiary/aromatic N) is 1. The van der Waals surface area contributed by atoms with Gasteiger partial charge in [-0.1, -0.05) is 31.4 Å². The van der Waals surface area contributed by atoms with E-state index in [-0.39, 0.29) is 11.8 Å². The molecular weight excluding hydrogens is 344 g/mol. The monoisotopic (exact) mass is 366 g/mol. The molecule has 2 amide bonds. The largest absolute Gasteiger partial charge is 0.350 e. The maximum absolute atomic E-state index is 12.1. The lowest BCUT2D eigenvalue weighted by atomic mass is 9.94. The van der Waals surface area contributed by atoms with Gasteiger partial charge in [-0.15, -0.1) is 0 Å². The van der Waals surface area contributed by atoms with E-state index in [1.54, 1.807) is 13.0 Å². The molecule has 0 heterocycles. The molecule has 0 radical (unpaired) electrons. The van der Waals surface area contributed by atoms with E-state index in [9.17, 15) is 9.59 Å². The Labute approximate surface area is 140 Å². The highest BCUT2D eigenvalue weighted by Crippen LogP contribution is 2.22. The van der Waals surface area contributed by atoms with Gasteiger partial charge in [0, 0.05) is 30.5 Å². The van der Waals surface area contributed by atoms with Crippen LogP contribution in [0.3, 0.4) is 0 Å². The van der Waals surface area contributed by atoms with Crippen molar-refractivity contribution in [1.82, 2.24) is 10.2 Å². The summed E-state index contributed by atoms with van der Waals surface area (Å²) >= 11 is 3.38. The van der Waals surface area contributed by atoms with Crippen molar-refractivity contribution < 1.29 is 9.59 Å². The number of hydrogen-bond acceptors (Lipinski definition) is 2. The molecule has 0 saturated heterocycles. The Bertz CT molecular complexity index is 527. The number of carbonyl (C=O) groups is 2. The van der Waals surface area contributed by atoms with E-state index in [4.69, 9.17) is 0 Å². The Morgan fingerprint density at radius 2 is 1.91 bits per heavy atom. The number of rotatable bonds is 5. The van der Waals surface area contributed by atoms with Crippen LogP contribution >= 0.6 is 15.9 Å². The zero-order chi connectivity index (χ0) is 15.9. The minimum atomic E-state index is -0.111. The molecule has 1 aliphatic rings. The molecule has 1 aromatic rings. The maximum atomic E-state index is 12.1. The first-order valence-electron chi connectivity index (χ1n) is 7.89. The first kappa shape index (κ1) is 17.0. The third-order valence-electron chi connectivity index (χ3n) is 4.18. The first-order chi connectivity index (χ1) is 10.6. The van der Waals surface area contributed by atoms with Crippen LogP contribution in [0.15, 0.2) is 28.7 Å². The van der Waals surface area contributed by atoms with Crippen molar-refractivity contribution in [3.05, 3.63) is 34.3 Å².